The van der Waals surface area contributed by atoms with E-state index in [1.807, 2.05) is 61.0 Å². The number of rotatable bonds is 4. The second-order valence-electron chi connectivity index (χ2n) is 9.38. The van der Waals surface area contributed by atoms with Crippen LogP contribution < -0.4 is 20.7 Å². The Morgan fingerprint density at radius 3 is 2.78 bits per heavy atom. The molecule has 0 spiro atoms. The molecule has 0 saturated carbocycles. The van der Waals surface area contributed by atoms with E-state index >= 15 is 0 Å². The molecule has 182 valence electrons. The molecule has 0 unspecified atom stereocenters. The number of benzene rings is 2. The third-order valence-electron chi connectivity index (χ3n) is 6.65. The third kappa shape index (κ3) is 4.07. The molecule has 2 aromatic carbocycles. The topological polar surface area (TPSA) is 107 Å². The molecular weight excluding hydrogens is 452 g/mol. The Morgan fingerprint density at radius 1 is 1.06 bits per heavy atom. The number of pyridine rings is 1. The number of nitrogens with zero attached hydrogens (tertiary/aromatic N) is 6. The minimum Gasteiger partial charge on any atom is -0.457 e. The highest BCUT2D eigenvalue weighted by atomic mass is 16.5. The number of fused-ring (bicyclic) bond motifs is 2. The molecule has 1 fully saturated rings. The van der Waals surface area contributed by atoms with Gasteiger partial charge in [-0.1, -0.05) is 0 Å². The lowest BCUT2D eigenvalue weighted by molar-refractivity contribution is 0.479. The van der Waals surface area contributed by atoms with E-state index in [0.717, 1.165) is 70.0 Å². The van der Waals surface area contributed by atoms with E-state index in [1.165, 1.54) is 0 Å². The summed E-state index contributed by atoms with van der Waals surface area (Å²) < 4.78 is 8.14. The zero-order chi connectivity index (χ0) is 24.8. The molecule has 0 bridgehead atoms. The number of anilines is 2. The van der Waals surface area contributed by atoms with Crippen LogP contribution in [-0.4, -0.2) is 50.2 Å². The lowest BCUT2D eigenvalue weighted by Crippen LogP contribution is -2.49. The molecule has 6 rings (SSSR count). The normalized spacial score (nSPS) is 16.1. The van der Waals surface area contributed by atoms with E-state index in [2.05, 4.69) is 32.1 Å². The molecule has 4 heterocycles. The SMILES string of the molecule is Cc1cc(-c2nc(N)c3cc(N4CCN[C@H](C)C4)ncc3n2)ccc1Oc1ccc2c(c1)ncn2C. The monoisotopic (exact) mass is 480 g/mol. The Labute approximate surface area is 209 Å². The first-order valence-electron chi connectivity index (χ1n) is 12.1. The molecule has 3 aromatic heterocycles. The van der Waals surface area contributed by atoms with Gasteiger partial charge in [-0.15, -0.1) is 0 Å². The highest BCUT2D eigenvalue weighted by Crippen LogP contribution is 2.31. The van der Waals surface area contributed by atoms with Gasteiger partial charge in [0.05, 0.1) is 29.1 Å². The van der Waals surface area contributed by atoms with Crippen molar-refractivity contribution in [2.24, 2.45) is 7.05 Å². The molecule has 0 radical (unpaired) electrons. The summed E-state index contributed by atoms with van der Waals surface area (Å²) in [5.74, 6) is 3.42. The van der Waals surface area contributed by atoms with Crippen molar-refractivity contribution in [2.45, 2.75) is 19.9 Å². The lowest BCUT2D eigenvalue weighted by Gasteiger charge is -2.32. The number of nitrogens with two attached hydrogens (primary N) is 1. The number of ether oxygens (including phenoxy) is 1. The van der Waals surface area contributed by atoms with Crippen molar-refractivity contribution in [2.75, 3.05) is 30.3 Å². The van der Waals surface area contributed by atoms with Gasteiger partial charge in [0.2, 0.25) is 0 Å². The average molecular weight is 481 g/mol. The Balaban J connectivity index is 1.27. The summed E-state index contributed by atoms with van der Waals surface area (Å²) in [6, 6.07) is 14.2. The number of imidazole rings is 1. The Bertz CT molecular complexity index is 1590. The second-order valence-corrected chi connectivity index (χ2v) is 9.38. The first-order chi connectivity index (χ1) is 17.4. The van der Waals surface area contributed by atoms with Crippen molar-refractivity contribution in [1.82, 2.24) is 29.8 Å². The van der Waals surface area contributed by atoms with Crippen LogP contribution in [0.1, 0.15) is 12.5 Å². The fourth-order valence-corrected chi connectivity index (χ4v) is 4.70. The number of hydrogen-bond donors (Lipinski definition) is 2. The molecule has 9 nitrogen and oxygen atoms in total. The summed E-state index contributed by atoms with van der Waals surface area (Å²) in [7, 11) is 1.97. The predicted octanol–water partition coefficient (Wildman–Crippen LogP) is 4.06. The number of aryl methyl sites for hydroxylation is 2. The quantitative estimate of drug-likeness (QED) is 0.397. The van der Waals surface area contributed by atoms with E-state index < -0.39 is 0 Å². The Hall–Kier alpha value is -4.24. The van der Waals surface area contributed by atoms with Crippen molar-refractivity contribution in [3.05, 3.63) is 60.6 Å². The molecule has 1 aliphatic heterocycles. The van der Waals surface area contributed by atoms with Crippen molar-refractivity contribution in [3.63, 3.8) is 0 Å². The molecule has 0 amide bonds. The maximum absolute atomic E-state index is 6.40. The number of nitrogen functional groups attached to an aromatic ring is 1. The van der Waals surface area contributed by atoms with Crippen molar-refractivity contribution in [1.29, 1.82) is 0 Å². The van der Waals surface area contributed by atoms with E-state index in [4.69, 9.17) is 15.5 Å². The van der Waals surface area contributed by atoms with E-state index in [1.54, 1.807) is 12.5 Å². The molecule has 9 heteroatoms. The number of nitrogens with one attached hydrogen (secondary N) is 1. The number of aromatic nitrogens is 5. The van der Waals surface area contributed by atoms with Gasteiger partial charge >= 0.3 is 0 Å². The molecule has 1 saturated heterocycles. The summed E-state index contributed by atoms with van der Waals surface area (Å²) >= 11 is 0. The molecule has 1 atom stereocenters. The predicted molar refractivity (Wildman–Crippen MR) is 142 cm³/mol. The fraction of sp³-hybridized carbons (Fsp3) is 0.259. The molecule has 3 N–H and O–H groups in total. The zero-order valence-corrected chi connectivity index (χ0v) is 20.6. The van der Waals surface area contributed by atoms with Crippen molar-refractivity contribution < 1.29 is 4.74 Å². The summed E-state index contributed by atoms with van der Waals surface area (Å²) in [4.78, 5) is 20.7. The molecule has 0 aliphatic carbocycles. The third-order valence-corrected chi connectivity index (χ3v) is 6.65. The largest absolute Gasteiger partial charge is 0.457 e. The maximum Gasteiger partial charge on any atom is 0.162 e. The first-order valence-corrected chi connectivity index (χ1v) is 12.1. The summed E-state index contributed by atoms with van der Waals surface area (Å²) in [5, 5.41) is 4.27. The highest BCUT2D eigenvalue weighted by molar-refractivity contribution is 5.91. The smallest absolute Gasteiger partial charge is 0.162 e. The van der Waals surface area contributed by atoms with Gasteiger partial charge in [0.15, 0.2) is 5.82 Å². The van der Waals surface area contributed by atoms with E-state index in [-0.39, 0.29) is 0 Å². The van der Waals surface area contributed by atoms with Gasteiger partial charge in [-0.2, -0.15) is 0 Å². The van der Waals surface area contributed by atoms with Crippen LogP contribution in [0.15, 0.2) is 55.0 Å². The second kappa shape index (κ2) is 8.76. The van der Waals surface area contributed by atoms with Gasteiger partial charge in [0.1, 0.15) is 23.1 Å². The summed E-state index contributed by atoms with van der Waals surface area (Å²) in [6.07, 6.45) is 3.59. The summed E-state index contributed by atoms with van der Waals surface area (Å²) in [6.45, 7) is 6.92. The standard InChI is InChI=1S/C27H28N8O/c1-16-10-18(4-7-24(16)36-19-5-6-23-21(11-19)31-15-34(23)3)27-32-22-13-30-25(12-20(22)26(28)33-27)35-9-8-29-17(2)14-35/h4-7,10-13,15,17,29H,8-9,14H2,1-3H3,(H2,28,32,33)/t17-/m1/s1. The maximum atomic E-state index is 6.40. The average Bonchev–Trinajstić information content (AvgIpc) is 3.25. The first kappa shape index (κ1) is 22.2. The van der Waals surface area contributed by atoms with Gasteiger partial charge in [-0.25, -0.2) is 19.9 Å². The Kier molecular flexibility index (Phi) is 5.41. The Morgan fingerprint density at radius 2 is 1.94 bits per heavy atom. The van der Waals surface area contributed by atoms with Crippen LogP contribution in [0.4, 0.5) is 11.6 Å². The zero-order valence-electron chi connectivity index (χ0n) is 20.6. The van der Waals surface area contributed by atoms with Crippen molar-refractivity contribution >= 4 is 33.6 Å². The van der Waals surface area contributed by atoms with Crippen molar-refractivity contribution in [3.8, 4) is 22.9 Å². The van der Waals surface area contributed by atoms with E-state index in [9.17, 15) is 0 Å². The number of piperazine rings is 1. The van der Waals surface area contributed by atoms with Gasteiger partial charge in [0.25, 0.3) is 0 Å². The number of hydrogen-bond acceptors (Lipinski definition) is 8. The highest BCUT2D eigenvalue weighted by Gasteiger charge is 2.18. The van der Waals surface area contributed by atoms with Crippen LogP contribution in [0, 0.1) is 6.92 Å². The summed E-state index contributed by atoms with van der Waals surface area (Å²) in [5.41, 5.74) is 10.9. The van der Waals surface area contributed by atoms with Gasteiger partial charge in [-0.05, 0) is 55.8 Å². The molecule has 1 aliphatic rings. The van der Waals surface area contributed by atoms with Crippen LogP contribution in [0.5, 0.6) is 11.5 Å². The van der Waals surface area contributed by atoms with Gasteiger partial charge in [-0.3, -0.25) is 0 Å². The molecule has 5 aromatic rings. The molecular formula is C27H28N8O. The minimum absolute atomic E-state index is 0.417. The lowest BCUT2D eigenvalue weighted by atomic mass is 10.1. The van der Waals surface area contributed by atoms with Crippen LogP contribution in [0.2, 0.25) is 0 Å². The van der Waals surface area contributed by atoms with Crippen LogP contribution in [0.3, 0.4) is 0 Å². The van der Waals surface area contributed by atoms with Gasteiger partial charge < -0.3 is 25.3 Å². The van der Waals surface area contributed by atoms with E-state index in [0.29, 0.717) is 17.7 Å². The minimum atomic E-state index is 0.417. The van der Waals surface area contributed by atoms with Crippen LogP contribution >= 0.6 is 0 Å². The fourth-order valence-electron chi connectivity index (χ4n) is 4.70. The van der Waals surface area contributed by atoms with Crippen LogP contribution in [-0.2, 0) is 7.05 Å². The van der Waals surface area contributed by atoms with Gasteiger partial charge in [0, 0.05) is 49.7 Å². The molecule has 36 heavy (non-hydrogen) atoms. The van der Waals surface area contributed by atoms with Crippen LogP contribution in [0.25, 0.3) is 33.3 Å².